The fourth-order valence-corrected chi connectivity index (χ4v) is 4.14. The highest BCUT2D eigenvalue weighted by Gasteiger charge is 2.15. The number of aromatic nitrogens is 1. The first-order valence-corrected chi connectivity index (χ1v) is 10.5. The van der Waals surface area contributed by atoms with E-state index >= 15 is 0 Å². The van der Waals surface area contributed by atoms with Gasteiger partial charge >= 0.3 is 0 Å². The largest absolute Gasteiger partial charge is 0.346 e. The van der Waals surface area contributed by atoms with Gasteiger partial charge in [-0.25, -0.2) is 13.1 Å². The standard InChI is InChI=1S/C22H26N2O2S/c1-16-7-8-18(3)20(12-16)15-24-11-5-6-21(24)14-23-27(25,26)22-10-9-17(2)19(4)13-22/h5-13,23H,14-15H2,1-4H3. The normalized spacial score (nSPS) is 11.7. The smallest absolute Gasteiger partial charge is 0.240 e. The molecule has 0 aliphatic rings. The van der Waals surface area contributed by atoms with Gasteiger partial charge in [0.05, 0.1) is 11.4 Å². The summed E-state index contributed by atoms with van der Waals surface area (Å²) in [4.78, 5) is 0.304. The first-order chi connectivity index (χ1) is 12.8. The zero-order valence-corrected chi connectivity index (χ0v) is 17.1. The predicted octanol–water partition coefficient (Wildman–Crippen LogP) is 4.25. The average Bonchev–Trinajstić information content (AvgIpc) is 3.06. The van der Waals surface area contributed by atoms with Crippen molar-refractivity contribution < 1.29 is 8.42 Å². The number of nitrogens with zero attached hydrogens (tertiary/aromatic N) is 1. The van der Waals surface area contributed by atoms with Crippen molar-refractivity contribution in [3.05, 3.63) is 88.2 Å². The van der Waals surface area contributed by atoms with Crippen molar-refractivity contribution in [2.45, 2.75) is 45.7 Å². The highest BCUT2D eigenvalue weighted by molar-refractivity contribution is 7.89. The van der Waals surface area contributed by atoms with E-state index in [1.54, 1.807) is 12.1 Å². The second-order valence-corrected chi connectivity index (χ2v) is 8.89. The van der Waals surface area contributed by atoms with Gasteiger partial charge in [-0.05, 0) is 74.2 Å². The second-order valence-electron chi connectivity index (χ2n) is 7.13. The first kappa shape index (κ1) is 19.4. The first-order valence-electron chi connectivity index (χ1n) is 9.03. The molecule has 0 fully saturated rings. The molecule has 0 unspecified atom stereocenters. The molecule has 1 heterocycles. The van der Waals surface area contributed by atoms with Gasteiger partial charge in [0.2, 0.25) is 10.0 Å². The number of sulfonamides is 1. The van der Waals surface area contributed by atoms with E-state index < -0.39 is 10.0 Å². The molecule has 0 radical (unpaired) electrons. The Kier molecular flexibility index (Phi) is 5.53. The Morgan fingerprint density at radius 1 is 0.889 bits per heavy atom. The van der Waals surface area contributed by atoms with Gasteiger partial charge in [0, 0.05) is 18.4 Å². The van der Waals surface area contributed by atoms with Crippen LogP contribution in [-0.4, -0.2) is 13.0 Å². The van der Waals surface area contributed by atoms with Crippen molar-refractivity contribution in [3.63, 3.8) is 0 Å². The molecule has 3 rings (SSSR count). The van der Waals surface area contributed by atoms with E-state index in [4.69, 9.17) is 0 Å². The maximum Gasteiger partial charge on any atom is 0.240 e. The molecule has 0 bridgehead atoms. The summed E-state index contributed by atoms with van der Waals surface area (Å²) in [7, 11) is -3.54. The molecular weight excluding hydrogens is 356 g/mol. The molecule has 2 aromatic carbocycles. The summed E-state index contributed by atoms with van der Waals surface area (Å²) in [6, 6.07) is 15.5. The molecule has 0 aliphatic heterocycles. The van der Waals surface area contributed by atoms with E-state index in [9.17, 15) is 8.42 Å². The van der Waals surface area contributed by atoms with Crippen LogP contribution in [0.2, 0.25) is 0 Å². The van der Waals surface area contributed by atoms with Gasteiger partial charge in [0.15, 0.2) is 0 Å². The number of rotatable bonds is 6. The third-order valence-corrected chi connectivity index (χ3v) is 6.40. The molecule has 0 amide bonds. The molecule has 5 heteroatoms. The van der Waals surface area contributed by atoms with E-state index in [1.807, 2.05) is 38.2 Å². The SMILES string of the molecule is Cc1ccc(C)c(Cn2cccc2CNS(=O)(=O)c2ccc(C)c(C)c2)c1. The number of nitrogens with one attached hydrogen (secondary N) is 1. The Bertz CT molecular complexity index is 1070. The summed E-state index contributed by atoms with van der Waals surface area (Å²) >= 11 is 0. The van der Waals surface area contributed by atoms with Crippen molar-refractivity contribution in [3.8, 4) is 0 Å². The van der Waals surface area contributed by atoms with Crippen LogP contribution < -0.4 is 4.72 Å². The highest BCUT2D eigenvalue weighted by atomic mass is 32.2. The maximum atomic E-state index is 12.6. The molecule has 27 heavy (non-hydrogen) atoms. The molecule has 3 aromatic rings. The van der Waals surface area contributed by atoms with Gasteiger partial charge in [-0.3, -0.25) is 0 Å². The Labute approximate surface area is 161 Å². The minimum absolute atomic E-state index is 0.257. The minimum atomic E-state index is -3.54. The van der Waals surface area contributed by atoms with Gasteiger partial charge in [0.25, 0.3) is 0 Å². The summed E-state index contributed by atoms with van der Waals surface area (Å²) in [5, 5.41) is 0. The van der Waals surface area contributed by atoms with E-state index in [0.29, 0.717) is 4.90 Å². The number of hydrogen-bond acceptors (Lipinski definition) is 2. The topological polar surface area (TPSA) is 51.1 Å². The van der Waals surface area contributed by atoms with E-state index in [0.717, 1.165) is 23.4 Å². The zero-order chi connectivity index (χ0) is 19.6. The third-order valence-electron chi connectivity index (χ3n) is 5.00. The van der Waals surface area contributed by atoms with Crippen LogP contribution in [0, 0.1) is 27.7 Å². The van der Waals surface area contributed by atoms with Gasteiger partial charge < -0.3 is 4.57 Å². The van der Waals surface area contributed by atoms with Gasteiger partial charge in [-0.2, -0.15) is 0 Å². The van der Waals surface area contributed by atoms with E-state index in [1.165, 1.54) is 16.7 Å². The average molecular weight is 383 g/mol. The summed E-state index contributed by atoms with van der Waals surface area (Å²) in [5.74, 6) is 0. The Hall–Kier alpha value is -2.37. The Morgan fingerprint density at radius 2 is 1.63 bits per heavy atom. The molecule has 0 spiro atoms. The van der Waals surface area contributed by atoms with Crippen LogP contribution in [0.3, 0.4) is 0 Å². The summed E-state index contributed by atoms with van der Waals surface area (Å²) < 4.78 is 30.1. The molecule has 142 valence electrons. The summed E-state index contributed by atoms with van der Waals surface area (Å²) in [5.41, 5.74) is 6.68. The van der Waals surface area contributed by atoms with Crippen molar-refractivity contribution in [1.82, 2.24) is 9.29 Å². The second kappa shape index (κ2) is 7.71. The van der Waals surface area contributed by atoms with Crippen LogP contribution in [0.4, 0.5) is 0 Å². The predicted molar refractivity (Wildman–Crippen MR) is 109 cm³/mol. The number of hydrogen-bond donors (Lipinski definition) is 1. The fourth-order valence-electron chi connectivity index (χ4n) is 3.05. The van der Waals surface area contributed by atoms with Crippen molar-refractivity contribution in [1.29, 1.82) is 0 Å². The van der Waals surface area contributed by atoms with Crippen molar-refractivity contribution in [2.75, 3.05) is 0 Å². The van der Waals surface area contributed by atoms with Crippen LogP contribution >= 0.6 is 0 Å². The van der Waals surface area contributed by atoms with Crippen LogP contribution in [0.5, 0.6) is 0 Å². The lowest BCUT2D eigenvalue weighted by Crippen LogP contribution is -2.24. The minimum Gasteiger partial charge on any atom is -0.346 e. The van der Waals surface area contributed by atoms with Gasteiger partial charge in [-0.1, -0.05) is 29.8 Å². The fraction of sp³-hybridized carbons (Fsp3) is 0.273. The Balaban J connectivity index is 1.76. The lowest BCUT2D eigenvalue weighted by Gasteiger charge is -2.13. The van der Waals surface area contributed by atoms with Crippen LogP contribution in [0.15, 0.2) is 59.6 Å². The monoisotopic (exact) mass is 382 g/mol. The molecule has 4 nitrogen and oxygen atoms in total. The van der Waals surface area contributed by atoms with E-state index in [-0.39, 0.29) is 6.54 Å². The molecule has 0 saturated carbocycles. The van der Waals surface area contributed by atoms with Gasteiger partial charge in [0.1, 0.15) is 0 Å². The summed E-state index contributed by atoms with van der Waals surface area (Å²) in [6.07, 6.45) is 1.99. The van der Waals surface area contributed by atoms with Crippen molar-refractivity contribution >= 4 is 10.0 Å². The van der Waals surface area contributed by atoms with E-state index in [2.05, 4.69) is 41.3 Å². The molecule has 1 aromatic heterocycles. The number of aryl methyl sites for hydroxylation is 4. The van der Waals surface area contributed by atoms with Crippen molar-refractivity contribution in [2.24, 2.45) is 0 Å². The van der Waals surface area contributed by atoms with Crippen LogP contribution in [-0.2, 0) is 23.1 Å². The molecule has 1 N–H and O–H groups in total. The molecule has 0 atom stereocenters. The molecule has 0 aliphatic carbocycles. The van der Waals surface area contributed by atoms with Crippen LogP contribution in [0.1, 0.15) is 33.5 Å². The lowest BCUT2D eigenvalue weighted by molar-refractivity contribution is 0.578. The number of benzene rings is 2. The quantitative estimate of drug-likeness (QED) is 0.693. The lowest BCUT2D eigenvalue weighted by atomic mass is 10.1. The molecular formula is C22H26N2O2S. The van der Waals surface area contributed by atoms with Gasteiger partial charge in [-0.15, -0.1) is 0 Å². The molecule has 0 saturated heterocycles. The zero-order valence-electron chi connectivity index (χ0n) is 16.3. The maximum absolute atomic E-state index is 12.6. The summed E-state index contributed by atoms with van der Waals surface area (Å²) in [6.45, 7) is 9.05. The Morgan fingerprint density at radius 3 is 2.37 bits per heavy atom. The highest BCUT2D eigenvalue weighted by Crippen LogP contribution is 2.17. The third kappa shape index (κ3) is 4.49. The van der Waals surface area contributed by atoms with Crippen LogP contribution in [0.25, 0.3) is 0 Å².